The Bertz CT molecular complexity index is 510. The van der Waals surface area contributed by atoms with Crippen LogP contribution in [-0.2, 0) is 0 Å². The average Bonchev–Trinajstić information content (AvgIpc) is 2.99. The molecule has 0 saturated carbocycles. The molecule has 0 bridgehead atoms. The highest BCUT2D eigenvalue weighted by Gasteiger charge is 2.10. The van der Waals surface area contributed by atoms with Crippen molar-refractivity contribution >= 4 is 40.2 Å². The lowest BCUT2D eigenvalue weighted by atomic mass is 10.1. The molecule has 1 atom stereocenters. The molecule has 1 amide bonds. The van der Waals surface area contributed by atoms with Crippen molar-refractivity contribution in [3.63, 3.8) is 0 Å². The van der Waals surface area contributed by atoms with Gasteiger partial charge in [-0.1, -0.05) is 11.6 Å². The van der Waals surface area contributed by atoms with Gasteiger partial charge in [0.05, 0.1) is 15.3 Å². The Morgan fingerprint density at radius 2 is 2.28 bits per heavy atom. The molecule has 0 saturated heterocycles. The zero-order valence-electron chi connectivity index (χ0n) is 9.43. The van der Waals surface area contributed by atoms with Crippen LogP contribution in [0.3, 0.4) is 0 Å². The lowest BCUT2D eigenvalue weighted by molar-refractivity contribution is 0.0947. The zero-order valence-corrected chi connectivity index (χ0v) is 11.8. The summed E-state index contributed by atoms with van der Waals surface area (Å²) in [6.45, 7) is 0.436. The Morgan fingerprint density at radius 3 is 2.89 bits per heavy atom. The highest BCUT2D eigenvalue weighted by Crippen LogP contribution is 2.21. The zero-order chi connectivity index (χ0) is 13.0. The Hall–Kier alpha value is -0.880. The molecule has 0 fully saturated rings. The number of carbonyl (C=O) groups excluding carboxylic acids is 1. The first-order chi connectivity index (χ1) is 8.66. The van der Waals surface area contributed by atoms with E-state index in [1.54, 1.807) is 23.5 Å². The number of carbonyl (C=O) groups is 1. The Balaban J connectivity index is 1.77. The molecule has 2 rings (SSSR count). The topological polar surface area (TPSA) is 49.3 Å². The SMILES string of the molecule is O=C(NCC[C@@H](O)c1ccsc1)c1ccc(Cl)s1. The van der Waals surface area contributed by atoms with Gasteiger partial charge in [-0.2, -0.15) is 11.3 Å². The van der Waals surface area contributed by atoms with Crippen molar-refractivity contribution in [1.82, 2.24) is 5.32 Å². The number of thiophene rings is 2. The molecule has 0 aliphatic carbocycles. The van der Waals surface area contributed by atoms with Gasteiger partial charge in [0.2, 0.25) is 0 Å². The number of aliphatic hydroxyl groups is 1. The van der Waals surface area contributed by atoms with Crippen LogP contribution in [0.25, 0.3) is 0 Å². The molecule has 0 aromatic carbocycles. The van der Waals surface area contributed by atoms with E-state index in [4.69, 9.17) is 11.6 Å². The molecule has 6 heteroatoms. The first kappa shape index (κ1) is 13.5. The van der Waals surface area contributed by atoms with E-state index in [0.717, 1.165) is 5.56 Å². The van der Waals surface area contributed by atoms with Gasteiger partial charge in [-0.05, 0) is 40.9 Å². The molecule has 96 valence electrons. The van der Waals surface area contributed by atoms with E-state index >= 15 is 0 Å². The summed E-state index contributed by atoms with van der Waals surface area (Å²) in [5, 5.41) is 16.4. The van der Waals surface area contributed by atoms with E-state index in [0.29, 0.717) is 22.2 Å². The monoisotopic (exact) mass is 301 g/mol. The summed E-state index contributed by atoms with van der Waals surface area (Å²) in [6.07, 6.45) is -0.0230. The maximum atomic E-state index is 11.7. The van der Waals surface area contributed by atoms with E-state index in [2.05, 4.69) is 5.32 Å². The molecule has 0 unspecified atom stereocenters. The lowest BCUT2D eigenvalue weighted by Crippen LogP contribution is -2.24. The van der Waals surface area contributed by atoms with Crippen LogP contribution in [-0.4, -0.2) is 17.6 Å². The van der Waals surface area contributed by atoms with E-state index in [9.17, 15) is 9.90 Å². The van der Waals surface area contributed by atoms with Crippen LogP contribution in [0.5, 0.6) is 0 Å². The van der Waals surface area contributed by atoms with Crippen LogP contribution in [0.2, 0.25) is 4.34 Å². The number of amides is 1. The van der Waals surface area contributed by atoms with E-state index in [1.165, 1.54) is 11.3 Å². The van der Waals surface area contributed by atoms with Crippen LogP contribution < -0.4 is 5.32 Å². The van der Waals surface area contributed by atoms with E-state index in [-0.39, 0.29) is 5.91 Å². The third kappa shape index (κ3) is 3.55. The van der Waals surface area contributed by atoms with Crippen molar-refractivity contribution in [3.05, 3.63) is 43.7 Å². The van der Waals surface area contributed by atoms with Gasteiger partial charge in [-0.3, -0.25) is 4.79 Å². The van der Waals surface area contributed by atoms with Crippen LogP contribution >= 0.6 is 34.3 Å². The Labute approximate surface area is 118 Å². The number of rotatable bonds is 5. The van der Waals surface area contributed by atoms with E-state index < -0.39 is 6.10 Å². The first-order valence-corrected chi connectivity index (χ1v) is 7.54. The second-order valence-electron chi connectivity index (χ2n) is 3.72. The average molecular weight is 302 g/mol. The van der Waals surface area contributed by atoms with Crippen molar-refractivity contribution in [2.75, 3.05) is 6.54 Å². The van der Waals surface area contributed by atoms with E-state index in [1.807, 2.05) is 16.8 Å². The van der Waals surface area contributed by atoms with Crippen LogP contribution in [0.15, 0.2) is 29.0 Å². The van der Waals surface area contributed by atoms with Crippen molar-refractivity contribution < 1.29 is 9.90 Å². The third-order valence-corrected chi connectivity index (χ3v) is 4.36. The molecule has 2 aromatic heterocycles. The third-order valence-electron chi connectivity index (χ3n) is 2.43. The standard InChI is InChI=1S/C12H12ClNO2S2/c13-11-2-1-10(18-11)12(16)14-5-3-9(15)8-4-6-17-7-8/h1-2,4,6-7,9,15H,3,5H2,(H,14,16)/t9-/m1/s1. The minimum atomic E-state index is -0.525. The number of halogens is 1. The maximum Gasteiger partial charge on any atom is 0.261 e. The number of hydrogen-bond donors (Lipinski definition) is 2. The second kappa shape index (κ2) is 6.33. The first-order valence-electron chi connectivity index (χ1n) is 5.40. The van der Waals surface area contributed by atoms with Gasteiger partial charge in [-0.25, -0.2) is 0 Å². The van der Waals surface area contributed by atoms with Crippen LogP contribution in [0.1, 0.15) is 27.8 Å². The van der Waals surface area contributed by atoms with Crippen LogP contribution in [0.4, 0.5) is 0 Å². The predicted octanol–water partition coefficient (Wildman–Crippen LogP) is 3.32. The van der Waals surface area contributed by atoms with Crippen molar-refractivity contribution in [1.29, 1.82) is 0 Å². The fourth-order valence-electron chi connectivity index (χ4n) is 1.48. The fourth-order valence-corrected chi connectivity index (χ4v) is 3.14. The van der Waals surface area contributed by atoms with Gasteiger partial charge in [0, 0.05) is 6.54 Å². The molecule has 18 heavy (non-hydrogen) atoms. The number of aliphatic hydroxyl groups excluding tert-OH is 1. The fraction of sp³-hybridized carbons (Fsp3) is 0.250. The summed E-state index contributed by atoms with van der Waals surface area (Å²) in [5.41, 5.74) is 0.897. The number of nitrogens with one attached hydrogen (secondary N) is 1. The molecule has 3 nitrogen and oxygen atoms in total. The molecule has 0 spiro atoms. The Morgan fingerprint density at radius 1 is 1.44 bits per heavy atom. The van der Waals surface area contributed by atoms with Crippen LogP contribution in [0, 0.1) is 0 Å². The molecular formula is C12H12ClNO2S2. The normalized spacial score (nSPS) is 12.3. The van der Waals surface area contributed by atoms with Gasteiger partial charge in [0.1, 0.15) is 0 Å². The van der Waals surface area contributed by atoms with Crippen molar-refractivity contribution in [2.24, 2.45) is 0 Å². The highest BCUT2D eigenvalue weighted by atomic mass is 35.5. The quantitative estimate of drug-likeness (QED) is 0.890. The maximum absolute atomic E-state index is 11.7. The second-order valence-corrected chi connectivity index (χ2v) is 6.22. The molecular weight excluding hydrogens is 290 g/mol. The molecule has 0 aliphatic rings. The summed E-state index contributed by atoms with van der Waals surface area (Å²) in [6, 6.07) is 5.27. The van der Waals surface area contributed by atoms with Crippen molar-refractivity contribution in [2.45, 2.75) is 12.5 Å². The summed E-state index contributed by atoms with van der Waals surface area (Å²) in [7, 11) is 0. The van der Waals surface area contributed by atoms with Gasteiger partial charge >= 0.3 is 0 Å². The van der Waals surface area contributed by atoms with Gasteiger partial charge in [-0.15, -0.1) is 11.3 Å². The minimum Gasteiger partial charge on any atom is -0.388 e. The number of hydrogen-bond acceptors (Lipinski definition) is 4. The summed E-state index contributed by atoms with van der Waals surface area (Å²) in [5.74, 6) is -0.149. The highest BCUT2D eigenvalue weighted by molar-refractivity contribution is 7.18. The molecule has 0 aliphatic heterocycles. The smallest absolute Gasteiger partial charge is 0.261 e. The molecule has 2 N–H and O–H groups in total. The predicted molar refractivity (Wildman–Crippen MR) is 75.6 cm³/mol. The molecule has 2 heterocycles. The Kier molecular flexibility index (Phi) is 4.77. The minimum absolute atomic E-state index is 0.149. The lowest BCUT2D eigenvalue weighted by Gasteiger charge is -2.09. The van der Waals surface area contributed by atoms with Gasteiger partial charge < -0.3 is 10.4 Å². The largest absolute Gasteiger partial charge is 0.388 e. The summed E-state index contributed by atoms with van der Waals surface area (Å²) >= 11 is 8.55. The van der Waals surface area contributed by atoms with Gasteiger partial charge in [0.15, 0.2) is 0 Å². The summed E-state index contributed by atoms with van der Waals surface area (Å²) < 4.78 is 0.596. The summed E-state index contributed by atoms with van der Waals surface area (Å²) in [4.78, 5) is 12.3. The molecule has 2 aromatic rings. The molecule has 0 radical (unpaired) electrons. The van der Waals surface area contributed by atoms with Crippen molar-refractivity contribution in [3.8, 4) is 0 Å². The van der Waals surface area contributed by atoms with Gasteiger partial charge in [0.25, 0.3) is 5.91 Å².